The maximum absolute atomic E-state index is 9.98. The van der Waals surface area contributed by atoms with Gasteiger partial charge in [0.1, 0.15) is 0 Å². The molecule has 3 aromatic heterocycles. The van der Waals surface area contributed by atoms with E-state index in [1.54, 1.807) is 0 Å². The normalized spacial score (nSPS) is 12.6. The molecule has 0 bridgehead atoms. The first-order valence-corrected chi connectivity index (χ1v) is 25.9. The molecule has 11 rings (SSSR count). The van der Waals surface area contributed by atoms with E-state index in [-0.39, 0.29) is 21.7 Å². The van der Waals surface area contributed by atoms with Crippen molar-refractivity contribution < 1.29 is 0 Å². The van der Waals surface area contributed by atoms with Crippen LogP contribution in [0.1, 0.15) is 111 Å². The van der Waals surface area contributed by atoms with Crippen LogP contribution >= 0.6 is 0 Å². The molecule has 0 aliphatic rings. The summed E-state index contributed by atoms with van der Waals surface area (Å²) in [6.07, 6.45) is 0. The van der Waals surface area contributed by atoms with Crippen molar-refractivity contribution in [1.82, 2.24) is 24.1 Å². The van der Waals surface area contributed by atoms with E-state index in [2.05, 4.69) is 256 Å². The number of hydrogen-bond acceptors (Lipinski definition) is 4. The first kappa shape index (κ1) is 48.1. The van der Waals surface area contributed by atoms with Crippen LogP contribution in [-0.2, 0) is 21.7 Å². The molecule has 74 heavy (non-hydrogen) atoms. The minimum Gasteiger partial charge on any atom is -0.309 e. The van der Waals surface area contributed by atoms with E-state index < -0.39 is 0 Å². The van der Waals surface area contributed by atoms with Gasteiger partial charge in [-0.3, -0.25) is 0 Å². The number of hydrogen-bond donors (Lipinski definition) is 0. The van der Waals surface area contributed by atoms with Gasteiger partial charge in [0.2, 0.25) is 0 Å². The molecular formula is C68H64N6. The second-order valence-electron chi connectivity index (χ2n) is 24.2. The summed E-state index contributed by atoms with van der Waals surface area (Å²) in [6.45, 7) is 27.3. The van der Waals surface area contributed by atoms with Gasteiger partial charge < -0.3 is 9.13 Å². The van der Waals surface area contributed by atoms with Crippen LogP contribution in [0.3, 0.4) is 0 Å². The van der Waals surface area contributed by atoms with Crippen LogP contribution in [0.25, 0.3) is 100 Å². The van der Waals surface area contributed by atoms with Gasteiger partial charge in [-0.2, -0.15) is 5.26 Å². The van der Waals surface area contributed by atoms with Crippen molar-refractivity contribution in [1.29, 1.82) is 5.26 Å². The summed E-state index contributed by atoms with van der Waals surface area (Å²) in [5.41, 5.74) is 16.2. The molecule has 11 aromatic rings. The summed E-state index contributed by atoms with van der Waals surface area (Å²) in [5, 5.41) is 14.5. The molecule has 0 saturated carbocycles. The van der Waals surface area contributed by atoms with Crippen molar-refractivity contribution in [2.24, 2.45) is 0 Å². The Labute approximate surface area is 436 Å². The number of nitrogens with zero attached hydrogens (tertiary/aromatic N) is 6. The zero-order valence-corrected chi connectivity index (χ0v) is 44.8. The molecule has 0 aliphatic carbocycles. The Hall–Kier alpha value is -8.14. The Morgan fingerprint density at radius 3 is 1.19 bits per heavy atom. The fraction of sp³-hybridized carbons (Fsp3) is 0.235. The molecule has 0 aliphatic heterocycles. The topological polar surface area (TPSA) is 72.3 Å². The van der Waals surface area contributed by atoms with Crippen molar-refractivity contribution in [3.63, 3.8) is 0 Å². The van der Waals surface area contributed by atoms with Gasteiger partial charge in [0, 0.05) is 43.8 Å². The molecule has 0 radical (unpaired) electrons. The third kappa shape index (κ3) is 8.54. The molecule has 366 valence electrons. The number of nitriles is 1. The molecule has 0 saturated heterocycles. The highest BCUT2D eigenvalue weighted by Crippen LogP contribution is 2.43. The van der Waals surface area contributed by atoms with Crippen molar-refractivity contribution in [2.45, 2.75) is 105 Å². The predicted molar refractivity (Wildman–Crippen MR) is 310 cm³/mol. The first-order chi connectivity index (χ1) is 35.2. The molecule has 0 atom stereocenters. The minimum absolute atomic E-state index is 0.128. The average molecular weight is 965 g/mol. The standard InChI is InChI=1S/C68H64N6/c1-65(2,3)46-34-44(35-47(39-46)66(4,5)6)62-70-63(45-36-48(67(7,8)9)40-49(37-45)68(10,11)12)72-64(71-62)55-38-43(30-32-61(55)74-57-26-18-14-22-51(57)52-23-15-19-27-58(52)74)50-21-13-17-25-56(50)73-59-28-20-16-24-53(59)54-33-42(41-69)29-31-60(54)73/h13-40H,1-12H3. The van der Waals surface area contributed by atoms with Crippen molar-refractivity contribution in [2.75, 3.05) is 0 Å². The van der Waals surface area contributed by atoms with Crippen molar-refractivity contribution in [3.8, 4) is 62.7 Å². The van der Waals surface area contributed by atoms with Crippen LogP contribution in [-0.4, -0.2) is 24.1 Å². The lowest BCUT2D eigenvalue weighted by molar-refractivity contribution is 0.568. The minimum atomic E-state index is -0.128. The zero-order chi connectivity index (χ0) is 52.1. The van der Waals surface area contributed by atoms with E-state index >= 15 is 0 Å². The maximum atomic E-state index is 9.98. The van der Waals surface area contributed by atoms with Crippen LogP contribution < -0.4 is 0 Å². The molecule has 0 unspecified atom stereocenters. The molecule has 3 heterocycles. The number of rotatable bonds is 6. The average Bonchev–Trinajstić information content (AvgIpc) is 3.89. The Kier molecular flexibility index (Phi) is 11.4. The van der Waals surface area contributed by atoms with Crippen LogP contribution in [0.15, 0.2) is 170 Å². The smallest absolute Gasteiger partial charge is 0.166 e. The monoisotopic (exact) mass is 965 g/mol. The van der Waals surface area contributed by atoms with Gasteiger partial charge in [-0.1, -0.05) is 174 Å². The first-order valence-electron chi connectivity index (χ1n) is 25.9. The molecule has 0 fully saturated rings. The summed E-state index contributed by atoms with van der Waals surface area (Å²) in [5.74, 6) is 1.83. The molecule has 0 spiro atoms. The highest BCUT2D eigenvalue weighted by Gasteiger charge is 2.27. The van der Waals surface area contributed by atoms with Crippen LogP contribution in [0.4, 0.5) is 0 Å². The van der Waals surface area contributed by atoms with E-state index in [1.165, 1.54) is 33.0 Å². The van der Waals surface area contributed by atoms with Gasteiger partial charge in [0.15, 0.2) is 17.5 Å². The Bertz CT molecular complexity index is 3860. The van der Waals surface area contributed by atoms with Gasteiger partial charge in [-0.05, 0) is 128 Å². The third-order valence-corrected chi connectivity index (χ3v) is 14.8. The summed E-state index contributed by atoms with van der Waals surface area (Å²) in [7, 11) is 0. The Morgan fingerprint density at radius 2 is 0.730 bits per heavy atom. The van der Waals surface area contributed by atoms with Crippen LogP contribution in [0.5, 0.6) is 0 Å². The number of para-hydroxylation sites is 4. The zero-order valence-electron chi connectivity index (χ0n) is 44.8. The van der Waals surface area contributed by atoms with E-state index in [1.807, 2.05) is 12.1 Å². The quantitative estimate of drug-likeness (QED) is 0.166. The van der Waals surface area contributed by atoms with Crippen LogP contribution in [0.2, 0.25) is 0 Å². The SMILES string of the molecule is CC(C)(C)c1cc(-c2nc(-c3cc(C(C)(C)C)cc(C(C)(C)C)c3)nc(-c3cc(-c4ccccc4-n4c5ccccc5c5cc(C#N)ccc54)ccc3-n3c4ccccc4c4ccccc43)n2)cc(C(C)(C)C)c1. The van der Waals surface area contributed by atoms with Crippen LogP contribution in [0, 0.1) is 11.3 Å². The summed E-state index contributed by atoms with van der Waals surface area (Å²) >= 11 is 0. The van der Waals surface area contributed by atoms with E-state index in [0.717, 1.165) is 72.0 Å². The Morgan fingerprint density at radius 1 is 0.338 bits per heavy atom. The van der Waals surface area contributed by atoms with Gasteiger partial charge in [-0.15, -0.1) is 0 Å². The maximum Gasteiger partial charge on any atom is 0.166 e. The molecule has 6 heteroatoms. The summed E-state index contributed by atoms with van der Waals surface area (Å²) < 4.78 is 4.72. The molecule has 0 amide bonds. The molecule has 0 N–H and O–H groups in total. The van der Waals surface area contributed by atoms with Gasteiger partial charge in [-0.25, -0.2) is 15.0 Å². The highest BCUT2D eigenvalue weighted by molar-refractivity contribution is 6.11. The lowest BCUT2D eigenvalue weighted by Crippen LogP contribution is -2.17. The van der Waals surface area contributed by atoms with E-state index in [4.69, 9.17) is 15.0 Å². The fourth-order valence-electron chi connectivity index (χ4n) is 10.5. The van der Waals surface area contributed by atoms with E-state index in [0.29, 0.717) is 23.0 Å². The highest BCUT2D eigenvalue weighted by atomic mass is 15.1. The predicted octanol–water partition coefficient (Wildman–Crippen LogP) is 17.8. The molecule has 6 nitrogen and oxygen atoms in total. The van der Waals surface area contributed by atoms with Crippen molar-refractivity contribution >= 4 is 43.6 Å². The summed E-state index contributed by atoms with van der Waals surface area (Å²) in [6, 6.07) is 63.5. The largest absolute Gasteiger partial charge is 0.309 e. The second kappa shape index (κ2) is 17.5. The molecular weight excluding hydrogens is 901 g/mol. The van der Waals surface area contributed by atoms with Crippen molar-refractivity contribution in [3.05, 3.63) is 198 Å². The lowest BCUT2D eigenvalue weighted by atomic mass is 9.79. The third-order valence-electron chi connectivity index (χ3n) is 14.8. The number of benzene rings is 8. The van der Waals surface area contributed by atoms with Gasteiger partial charge in [0.05, 0.1) is 45.1 Å². The summed E-state index contributed by atoms with van der Waals surface area (Å²) in [4.78, 5) is 16.8. The number of fused-ring (bicyclic) bond motifs is 6. The van der Waals surface area contributed by atoms with Gasteiger partial charge >= 0.3 is 0 Å². The second-order valence-corrected chi connectivity index (χ2v) is 24.2. The van der Waals surface area contributed by atoms with E-state index in [9.17, 15) is 5.26 Å². The molecule has 8 aromatic carbocycles. The fourth-order valence-corrected chi connectivity index (χ4v) is 10.5. The van der Waals surface area contributed by atoms with Gasteiger partial charge in [0.25, 0.3) is 0 Å². The number of aromatic nitrogens is 5. The Balaban J connectivity index is 1.25. The lowest BCUT2D eigenvalue weighted by Gasteiger charge is -2.26.